The highest BCUT2D eigenvalue weighted by atomic mass is 16.5. The number of nitrogens with zero attached hydrogens (tertiary/aromatic N) is 4. The van der Waals surface area contributed by atoms with Gasteiger partial charge in [0.25, 0.3) is 0 Å². The molecule has 0 N–H and O–H groups in total. The van der Waals surface area contributed by atoms with Gasteiger partial charge in [-0.15, -0.1) is 0 Å². The average Bonchev–Trinajstić information content (AvgIpc) is 3.58. The van der Waals surface area contributed by atoms with Gasteiger partial charge in [0, 0.05) is 0 Å². The molecule has 0 atom stereocenters. The Balaban J connectivity index is 1.03. The van der Waals surface area contributed by atoms with Crippen LogP contribution < -0.4 is 9.47 Å². The molecule has 4 aromatic carbocycles. The van der Waals surface area contributed by atoms with Gasteiger partial charge in [-0.3, -0.25) is 9.13 Å². The van der Waals surface area contributed by atoms with Gasteiger partial charge in [0.15, 0.2) is 0 Å². The van der Waals surface area contributed by atoms with Crippen LogP contribution in [0.3, 0.4) is 0 Å². The van der Waals surface area contributed by atoms with Crippen molar-refractivity contribution in [3.8, 4) is 22.9 Å². The zero-order chi connectivity index (χ0) is 24.9. The van der Waals surface area contributed by atoms with E-state index in [2.05, 4.69) is 43.4 Å². The van der Waals surface area contributed by atoms with Crippen LogP contribution in [-0.4, -0.2) is 32.3 Å². The molecule has 0 bridgehead atoms. The van der Waals surface area contributed by atoms with Crippen LogP contribution in [0, 0.1) is 0 Å². The molecule has 0 aliphatic rings. The van der Waals surface area contributed by atoms with E-state index in [-0.39, 0.29) is 0 Å². The molecule has 0 aliphatic carbocycles. The lowest BCUT2D eigenvalue weighted by atomic mass is 10.2. The summed E-state index contributed by atoms with van der Waals surface area (Å²) in [6.07, 6.45) is 6.64. The number of ether oxygens (including phenoxy) is 2. The van der Waals surface area contributed by atoms with Crippen molar-refractivity contribution in [3.05, 3.63) is 110 Å². The standard InChI is InChI=1S/C31H28N4O2/c1(10-20-36-30-18-8-6-16-28(30)34-22-32-24-12-2-4-14-26(24)34)11-21-37-31-19-9-7-17-29(31)35-23-33-25-13-3-5-15-27(25)35/h2-9,12-19,22-23H,1,10-11,20-21H2. The second-order valence-corrected chi connectivity index (χ2v) is 8.90. The lowest BCUT2D eigenvalue weighted by Gasteiger charge is -2.14. The van der Waals surface area contributed by atoms with Crippen molar-refractivity contribution in [2.45, 2.75) is 19.3 Å². The van der Waals surface area contributed by atoms with Crippen molar-refractivity contribution < 1.29 is 9.47 Å². The van der Waals surface area contributed by atoms with Crippen molar-refractivity contribution in [2.24, 2.45) is 0 Å². The molecule has 6 aromatic rings. The SMILES string of the molecule is c1ccc(-n2cnc3ccccc32)c(OCCCCCOc2ccccc2-n2cnc3ccccc32)c1. The minimum absolute atomic E-state index is 0.654. The molecule has 0 amide bonds. The smallest absolute Gasteiger partial charge is 0.143 e. The molecular formula is C31H28N4O2. The van der Waals surface area contributed by atoms with Gasteiger partial charge < -0.3 is 9.47 Å². The second-order valence-electron chi connectivity index (χ2n) is 8.90. The summed E-state index contributed by atoms with van der Waals surface area (Å²) in [5.74, 6) is 1.73. The summed E-state index contributed by atoms with van der Waals surface area (Å²) in [6, 6.07) is 32.5. The monoisotopic (exact) mass is 488 g/mol. The molecule has 0 spiro atoms. The number of benzene rings is 4. The Morgan fingerprint density at radius 3 is 1.43 bits per heavy atom. The summed E-state index contributed by atoms with van der Waals surface area (Å²) in [7, 11) is 0. The fourth-order valence-electron chi connectivity index (χ4n) is 4.60. The van der Waals surface area contributed by atoms with E-state index in [0.29, 0.717) is 13.2 Å². The molecule has 6 nitrogen and oxygen atoms in total. The number of hydrogen-bond donors (Lipinski definition) is 0. The third-order valence-corrected chi connectivity index (χ3v) is 6.46. The summed E-state index contributed by atoms with van der Waals surface area (Å²) >= 11 is 0. The number of rotatable bonds is 10. The molecule has 2 heterocycles. The van der Waals surface area contributed by atoms with E-state index in [1.807, 2.05) is 85.5 Å². The van der Waals surface area contributed by atoms with Crippen LogP contribution in [-0.2, 0) is 0 Å². The van der Waals surface area contributed by atoms with Crippen molar-refractivity contribution in [3.63, 3.8) is 0 Å². The highest BCUT2D eigenvalue weighted by Gasteiger charge is 2.11. The maximum atomic E-state index is 6.18. The second kappa shape index (κ2) is 10.6. The van der Waals surface area contributed by atoms with E-state index < -0.39 is 0 Å². The molecule has 0 aliphatic heterocycles. The van der Waals surface area contributed by atoms with Gasteiger partial charge in [-0.2, -0.15) is 0 Å². The highest BCUT2D eigenvalue weighted by Crippen LogP contribution is 2.28. The van der Waals surface area contributed by atoms with E-state index in [1.165, 1.54) is 0 Å². The predicted octanol–water partition coefficient (Wildman–Crippen LogP) is 6.99. The van der Waals surface area contributed by atoms with E-state index >= 15 is 0 Å². The van der Waals surface area contributed by atoms with Crippen LogP contribution >= 0.6 is 0 Å². The maximum Gasteiger partial charge on any atom is 0.143 e. The average molecular weight is 489 g/mol. The van der Waals surface area contributed by atoms with Crippen LogP contribution in [0.5, 0.6) is 11.5 Å². The van der Waals surface area contributed by atoms with Gasteiger partial charge >= 0.3 is 0 Å². The Kier molecular flexibility index (Phi) is 6.54. The number of hydrogen-bond acceptors (Lipinski definition) is 4. The first-order valence-corrected chi connectivity index (χ1v) is 12.7. The molecule has 6 heteroatoms. The predicted molar refractivity (Wildman–Crippen MR) is 147 cm³/mol. The summed E-state index contributed by atoms with van der Waals surface area (Å²) < 4.78 is 16.5. The lowest BCUT2D eigenvalue weighted by molar-refractivity contribution is 0.279. The molecule has 0 fully saturated rings. The Morgan fingerprint density at radius 2 is 0.919 bits per heavy atom. The zero-order valence-electron chi connectivity index (χ0n) is 20.5. The third-order valence-electron chi connectivity index (χ3n) is 6.46. The first-order valence-electron chi connectivity index (χ1n) is 12.7. The van der Waals surface area contributed by atoms with E-state index in [0.717, 1.165) is 64.2 Å². The maximum absolute atomic E-state index is 6.18. The van der Waals surface area contributed by atoms with E-state index in [1.54, 1.807) is 0 Å². The first-order chi connectivity index (χ1) is 18.4. The summed E-state index contributed by atoms with van der Waals surface area (Å²) in [5.41, 5.74) is 6.09. The van der Waals surface area contributed by atoms with Gasteiger partial charge in [-0.1, -0.05) is 48.5 Å². The number of fused-ring (bicyclic) bond motifs is 2. The summed E-state index contributed by atoms with van der Waals surface area (Å²) in [6.45, 7) is 1.31. The Bertz CT molecular complexity index is 1510. The van der Waals surface area contributed by atoms with Crippen molar-refractivity contribution in [1.29, 1.82) is 0 Å². The van der Waals surface area contributed by atoms with Gasteiger partial charge in [-0.25, -0.2) is 9.97 Å². The van der Waals surface area contributed by atoms with Crippen LogP contribution in [0.4, 0.5) is 0 Å². The number of unbranched alkanes of at least 4 members (excludes halogenated alkanes) is 2. The van der Waals surface area contributed by atoms with Crippen LogP contribution in [0.15, 0.2) is 110 Å². The van der Waals surface area contributed by atoms with Crippen LogP contribution in [0.25, 0.3) is 33.4 Å². The Hall–Kier alpha value is -4.58. The minimum Gasteiger partial charge on any atom is -0.491 e. The van der Waals surface area contributed by atoms with Gasteiger partial charge in [0.1, 0.15) is 24.2 Å². The fourth-order valence-corrected chi connectivity index (χ4v) is 4.60. The van der Waals surface area contributed by atoms with Crippen LogP contribution in [0.2, 0.25) is 0 Å². The molecule has 184 valence electrons. The molecule has 0 saturated carbocycles. The number of para-hydroxylation sites is 8. The van der Waals surface area contributed by atoms with Gasteiger partial charge in [0.05, 0.1) is 46.7 Å². The molecule has 0 radical (unpaired) electrons. The summed E-state index contributed by atoms with van der Waals surface area (Å²) in [5, 5.41) is 0. The molecule has 0 saturated heterocycles. The van der Waals surface area contributed by atoms with E-state index in [9.17, 15) is 0 Å². The van der Waals surface area contributed by atoms with Crippen molar-refractivity contribution >= 4 is 22.1 Å². The van der Waals surface area contributed by atoms with Gasteiger partial charge in [-0.05, 0) is 67.8 Å². The first kappa shape index (κ1) is 22.9. The largest absolute Gasteiger partial charge is 0.491 e. The Morgan fingerprint density at radius 1 is 0.486 bits per heavy atom. The number of aromatic nitrogens is 4. The quantitative estimate of drug-likeness (QED) is 0.195. The Labute approximate surface area is 215 Å². The molecule has 37 heavy (non-hydrogen) atoms. The fraction of sp³-hybridized carbons (Fsp3) is 0.161. The topological polar surface area (TPSA) is 54.1 Å². The molecule has 0 unspecified atom stereocenters. The summed E-state index contributed by atoms with van der Waals surface area (Å²) in [4.78, 5) is 9.03. The minimum atomic E-state index is 0.654. The number of imidazole rings is 2. The molecule has 2 aromatic heterocycles. The zero-order valence-corrected chi connectivity index (χ0v) is 20.5. The molecule has 6 rings (SSSR count). The van der Waals surface area contributed by atoms with E-state index in [4.69, 9.17) is 9.47 Å². The van der Waals surface area contributed by atoms with Crippen molar-refractivity contribution in [2.75, 3.05) is 13.2 Å². The van der Waals surface area contributed by atoms with Gasteiger partial charge in [0.2, 0.25) is 0 Å². The third kappa shape index (κ3) is 4.78. The lowest BCUT2D eigenvalue weighted by Crippen LogP contribution is -2.04. The highest BCUT2D eigenvalue weighted by molar-refractivity contribution is 5.78. The van der Waals surface area contributed by atoms with Crippen molar-refractivity contribution in [1.82, 2.24) is 19.1 Å². The van der Waals surface area contributed by atoms with Crippen LogP contribution in [0.1, 0.15) is 19.3 Å². The normalized spacial score (nSPS) is 11.2. The molecular weight excluding hydrogens is 460 g/mol.